The van der Waals surface area contributed by atoms with Crippen molar-refractivity contribution in [3.05, 3.63) is 54.2 Å². The Hall–Kier alpha value is -1.99. The number of hydrogen-bond donors (Lipinski definition) is 3. The second-order valence-electron chi connectivity index (χ2n) is 6.03. The standard InChI is InChI=1S/C19H26FN3O2S/c1-3-21-18(23-14-19(2,24)17-6-4-12-25-17)22-11-5-13-26-16-9-7-15(20)8-10-16/h4,6-10,12,24H,3,5,11,13-14H2,1-2H3,(H2,21,22,23). The quantitative estimate of drug-likeness (QED) is 0.270. The summed E-state index contributed by atoms with van der Waals surface area (Å²) in [5.41, 5.74) is -1.15. The van der Waals surface area contributed by atoms with Crippen LogP contribution in [0, 0.1) is 5.82 Å². The van der Waals surface area contributed by atoms with E-state index in [1.165, 1.54) is 18.4 Å². The number of benzene rings is 1. The molecule has 0 aliphatic heterocycles. The summed E-state index contributed by atoms with van der Waals surface area (Å²) in [5, 5.41) is 16.9. The molecule has 26 heavy (non-hydrogen) atoms. The molecule has 0 radical (unpaired) electrons. The Labute approximate surface area is 158 Å². The number of hydrogen-bond acceptors (Lipinski definition) is 4. The minimum Gasteiger partial charge on any atom is -0.466 e. The van der Waals surface area contributed by atoms with E-state index >= 15 is 0 Å². The highest BCUT2D eigenvalue weighted by Crippen LogP contribution is 2.21. The SMILES string of the molecule is CCNC(=NCC(C)(O)c1ccco1)NCCCSc1ccc(F)cc1. The van der Waals surface area contributed by atoms with Gasteiger partial charge in [0.25, 0.3) is 0 Å². The molecule has 0 bridgehead atoms. The Kier molecular flexibility index (Phi) is 8.00. The van der Waals surface area contributed by atoms with Crippen molar-refractivity contribution in [3.63, 3.8) is 0 Å². The fourth-order valence-electron chi connectivity index (χ4n) is 2.24. The van der Waals surface area contributed by atoms with Gasteiger partial charge in [-0.25, -0.2) is 9.38 Å². The van der Waals surface area contributed by atoms with Crippen molar-refractivity contribution in [3.8, 4) is 0 Å². The molecule has 0 saturated carbocycles. The van der Waals surface area contributed by atoms with Crippen LogP contribution in [0.1, 0.15) is 26.0 Å². The summed E-state index contributed by atoms with van der Waals surface area (Å²) < 4.78 is 18.1. The first-order chi connectivity index (χ1) is 12.5. The molecule has 1 aromatic carbocycles. The topological polar surface area (TPSA) is 69.8 Å². The van der Waals surface area contributed by atoms with Crippen molar-refractivity contribution in [2.75, 3.05) is 25.4 Å². The lowest BCUT2D eigenvalue weighted by Gasteiger charge is -2.19. The molecular weight excluding hydrogens is 353 g/mol. The Balaban J connectivity index is 1.75. The third-order valence-corrected chi connectivity index (χ3v) is 4.74. The third-order valence-electron chi connectivity index (χ3n) is 3.64. The van der Waals surface area contributed by atoms with Gasteiger partial charge in [0, 0.05) is 18.0 Å². The molecule has 5 nitrogen and oxygen atoms in total. The number of furan rings is 1. The smallest absolute Gasteiger partial charge is 0.191 e. The number of aliphatic imine (C=N–C) groups is 1. The van der Waals surface area contributed by atoms with Gasteiger partial charge in [-0.1, -0.05) is 0 Å². The number of guanidine groups is 1. The number of nitrogens with zero attached hydrogens (tertiary/aromatic N) is 1. The first-order valence-corrected chi connectivity index (χ1v) is 9.67. The average Bonchev–Trinajstić information content (AvgIpc) is 3.16. The minimum atomic E-state index is -1.15. The normalized spacial score (nSPS) is 14.1. The molecular formula is C19H26FN3O2S. The van der Waals surface area contributed by atoms with Crippen LogP contribution in [-0.4, -0.2) is 36.5 Å². The van der Waals surface area contributed by atoms with E-state index in [0.29, 0.717) is 11.7 Å². The summed E-state index contributed by atoms with van der Waals surface area (Å²) in [5.74, 6) is 1.86. The molecule has 2 rings (SSSR count). The molecule has 1 unspecified atom stereocenters. The summed E-state index contributed by atoms with van der Waals surface area (Å²) in [6.07, 6.45) is 2.47. The van der Waals surface area contributed by atoms with E-state index in [0.717, 1.165) is 30.2 Å². The molecule has 0 saturated heterocycles. The van der Waals surface area contributed by atoms with Crippen LogP contribution in [0.3, 0.4) is 0 Å². The fraction of sp³-hybridized carbons (Fsp3) is 0.421. The zero-order chi connectivity index (χ0) is 18.8. The molecule has 0 fully saturated rings. The summed E-state index contributed by atoms with van der Waals surface area (Å²) in [4.78, 5) is 5.50. The molecule has 7 heteroatoms. The van der Waals surface area contributed by atoms with Gasteiger partial charge < -0.3 is 20.2 Å². The number of halogens is 1. The maximum absolute atomic E-state index is 12.9. The van der Waals surface area contributed by atoms with Gasteiger partial charge in [-0.15, -0.1) is 11.8 Å². The van der Waals surface area contributed by atoms with E-state index in [2.05, 4.69) is 15.6 Å². The first-order valence-electron chi connectivity index (χ1n) is 8.68. The zero-order valence-corrected chi connectivity index (χ0v) is 16.0. The predicted molar refractivity (Wildman–Crippen MR) is 104 cm³/mol. The van der Waals surface area contributed by atoms with Crippen LogP contribution in [0.25, 0.3) is 0 Å². The molecule has 0 spiro atoms. The molecule has 0 aliphatic carbocycles. The van der Waals surface area contributed by atoms with Gasteiger partial charge in [0.1, 0.15) is 17.2 Å². The molecule has 3 N–H and O–H groups in total. The molecule has 1 heterocycles. The van der Waals surface area contributed by atoms with E-state index in [9.17, 15) is 9.50 Å². The largest absolute Gasteiger partial charge is 0.466 e. The number of aliphatic hydroxyl groups is 1. The van der Waals surface area contributed by atoms with Crippen LogP contribution in [0.4, 0.5) is 4.39 Å². The third kappa shape index (κ3) is 6.72. The molecule has 142 valence electrons. The van der Waals surface area contributed by atoms with Crippen LogP contribution in [0.2, 0.25) is 0 Å². The van der Waals surface area contributed by atoms with Gasteiger partial charge in [-0.2, -0.15) is 0 Å². The first kappa shape index (κ1) is 20.3. The van der Waals surface area contributed by atoms with Gasteiger partial charge >= 0.3 is 0 Å². The van der Waals surface area contributed by atoms with Gasteiger partial charge in [-0.3, -0.25) is 0 Å². The van der Waals surface area contributed by atoms with Crippen LogP contribution in [0.15, 0.2) is 57.0 Å². The second-order valence-corrected chi connectivity index (χ2v) is 7.20. The van der Waals surface area contributed by atoms with Gasteiger partial charge in [0.2, 0.25) is 0 Å². The lowest BCUT2D eigenvalue weighted by Crippen LogP contribution is -2.39. The maximum Gasteiger partial charge on any atom is 0.191 e. The second kappa shape index (κ2) is 10.2. The highest BCUT2D eigenvalue weighted by Gasteiger charge is 2.25. The van der Waals surface area contributed by atoms with E-state index in [-0.39, 0.29) is 12.4 Å². The average molecular weight is 380 g/mol. The Morgan fingerprint density at radius 1 is 1.27 bits per heavy atom. The summed E-state index contributed by atoms with van der Waals surface area (Å²) in [6.45, 7) is 5.35. The van der Waals surface area contributed by atoms with E-state index < -0.39 is 5.60 Å². The Morgan fingerprint density at radius 3 is 2.69 bits per heavy atom. The van der Waals surface area contributed by atoms with Crippen molar-refractivity contribution >= 4 is 17.7 Å². The highest BCUT2D eigenvalue weighted by atomic mass is 32.2. The van der Waals surface area contributed by atoms with Crippen molar-refractivity contribution in [1.29, 1.82) is 0 Å². The van der Waals surface area contributed by atoms with Crippen LogP contribution >= 0.6 is 11.8 Å². The van der Waals surface area contributed by atoms with Crippen LogP contribution in [-0.2, 0) is 5.60 Å². The monoisotopic (exact) mass is 379 g/mol. The van der Waals surface area contributed by atoms with Crippen molar-refractivity contribution in [1.82, 2.24) is 10.6 Å². The van der Waals surface area contributed by atoms with E-state index in [1.807, 2.05) is 6.92 Å². The maximum atomic E-state index is 12.9. The lowest BCUT2D eigenvalue weighted by atomic mass is 10.0. The van der Waals surface area contributed by atoms with E-state index in [1.54, 1.807) is 43.0 Å². The fourth-order valence-corrected chi connectivity index (χ4v) is 3.09. The zero-order valence-electron chi connectivity index (χ0n) is 15.2. The number of nitrogens with one attached hydrogen (secondary N) is 2. The molecule has 0 amide bonds. The van der Waals surface area contributed by atoms with Crippen molar-refractivity contribution < 1.29 is 13.9 Å². The summed E-state index contributed by atoms with van der Waals surface area (Å²) in [7, 11) is 0. The van der Waals surface area contributed by atoms with Crippen LogP contribution in [0.5, 0.6) is 0 Å². The lowest BCUT2D eigenvalue weighted by molar-refractivity contribution is 0.0437. The van der Waals surface area contributed by atoms with Gasteiger partial charge in [-0.05, 0) is 62.4 Å². The molecule has 1 atom stereocenters. The summed E-state index contributed by atoms with van der Waals surface area (Å²) in [6, 6.07) is 10.0. The number of rotatable bonds is 9. The van der Waals surface area contributed by atoms with Gasteiger partial charge in [0.15, 0.2) is 5.96 Å². The molecule has 0 aliphatic rings. The van der Waals surface area contributed by atoms with Crippen molar-refractivity contribution in [2.45, 2.75) is 30.8 Å². The van der Waals surface area contributed by atoms with Crippen LogP contribution < -0.4 is 10.6 Å². The number of thioether (sulfide) groups is 1. The predicted octanol–water partition coefficient (Wildman–Crippen LogP) is 3.36. The van der Waals surface area contributed by atoms with Crippen molar-refractivity contribution in [2.24, 2.45) is 4.99 Å². The van der Waals surface area contributed by atoms with Gasteiger partial charge in [0.05, 0.1) is 12.8 Å². The molecule has 2 aromatic rings. The summed E-state index contributed by atoms with van der Waals surface area (Å²) >= 11 is 1.69. The Morgan fingerprint density at radius 2 is 2.04 bits per heavy atom. The Bertz CT molecular complexity index is 673. The highest BCUT2D eigenvalue weighted by molar-refractivity contribution is 7.99. The van der Waals surface area contributed by atoms with E-state index in [4.69, 9.17) is 4.42 Å². The molecule has 1 aromatic heterocycles. The minimum absolute atomic E-state index is 0.195.